The Morgan fingerprint density at radius 2 is 2.06 bits per heavy atom. The zero-order chi connectivity index (χ0) is 13.5. The number of nitrogen functional groups attached to an aromatic ring is 1. The van der Waals surface area contributed by atoms with E-state index in [0.717, 1.165) is 31.0 Å². The lowest BCUT2D eigenvalue weighted by Gasteiger charge is -2.15. The molecule has 0 saturated carbocycles. The summed E-state index contributed by atoms with van der Waals surface area (Å²) in [6.45, 7) is 7.23. The van der Waals surface area contributed by atoms with E-state index >= 15 is 0 Å². The van der Waals surface area contributed by atoms with Gasteiger partial charge in [-0.3, -0.25) is 0 Å². The van der Waals surface area contributed by atoms with Crippen LogP contribution in [-0.4, -0.2) is 16.4 Å². The highest BCUT2D eigenvalue weighted by Crippen LogP contribution is 2.26. The monoisotopic (exact) mass is 253 g/mol. The molecule has 1 unspecified atom stereocenters. The van der Waals surface area contributed by atoms with Crippen LogP contribution < -0.4 is 10.5 Å². The minimum Gasteiger partial charge on any atom is -0.476 e. The third-order valence-corrected chi connectivity index (χ3v) is 3.44. The third-order valence-electron chi connectivity index (χ3n) is 3.44. The van der Waals surface area contributed by atoms with E-state index in [1.165, 1.54) is 19.3 Å². The molecule has 0 aliphatic rings. The summed E-state index contributed by atoms with van der Waals surface area (Å²) >= 11 is 0. The van der Waals surface area contributed by atoms with Crippen LogP contribution in [0.25, 0.3) is 0 Å². The number of hydrogen-bond acceptors (Lipinski definition) is 3. The first-order valence-electron chi connectivity index (χ1n) is 7.08. The quantitative estimate of drug-likeness (QED) is 0.774. The minimum atomic E-state index is 0.615. The fourth-order valence-electron chi connectivity index (χ4n) is 2.11. The molecule has 0 bridgehead atoms. The molecule has 0 saturated heterocycles. The second-order valence-corrected chi connectivity index (χ2v) is 4.87. The normalized spacial score (nSPS) is 12.7. The second kappa shape index (κ2) is 7.29. The van der Waals surface area contributed by atoms with Crippen molar-refractivity contribution >= 4 is 5.69 Å². The van der Waals surface area contributed by atoms with Gasteiger partial charge in [-0.15, -0.1) is 0 Å². The summed E-state index contributed by atoms with van der Waals surface area (Å²) in [4.78, 5) is 0. The van der Waals surface area contributed by atoms with Crippen molar-refractivity contribution in [1.82, 2.24) is 9.78 Å². The molecule has 0 spiro atoms. The van der Waals surface area contributed by atoms with Crippen LogP contribution in [0, 0.1) is 5.92 Å². The zero-order valence-corrected chi connectivity index (χ0v) is 12.2. The molecule has 1 heterocycles. The van der Waals surface area contributed by atoms with Crippen molar-refractivity contribution in [3.63, 3.8) is 0 Å². The van der Waals surface area contributed by atoms with Gasteiger partial charge in [-0.2, -0.15) is 5.10 Å². The Kier molecular flexibility index (Phi) is 6.02. The van der Waals surface area contributed by atoms with Gasteiger partial charge in [0.25, 0.3) is 0 Å². The standard InChI is InChI=1S/C14H27N3O/c1-5-8-9-11(6-2)10-18-14-13(15)12(7-3)16-17(14)4/h11H,5-10,15H2,1-4H3. The number of rotatable bonds is 8. The molecule has 0 aliphatic carbocycles. The Hall–Kier alpha value is -1.19. The number of anilines is 1. The number of aromatic nitrogens is 2. The highest BCUT2D eigenvalue weighted by atomic mass is 16.5. The maximum atomic E-state index is 6.03. The summed E-state index contributed by atoms with van der Waals surface area (Å²) in [5.41, 5.74) is 7.66. The van der Waals surface area contributed by atoms with Gasteiger partial charge in [-0.25, -0.2) is 4.68 Å². The van der Waals surface area contributed by atoms with E-state index in [-0.39, 0.29) is 0 Å². The van der Waals surface area contributed by atoms with Crippen molar-refractivity contribution < 1.29 is 4.74 Å². The lowest BCUT2D eigenvalue weighted by molar-refractivity contribution is 0.218. The van der Waals surface area contributed by atoms with E-state index < -0.39 is 0 Å². The smallest absolute Gasteiger partial charge is 0.235 e. The third kappa shape index (κ3) is 3.65. The summed E-state index contributed by atoms with van der Waals surface area (Å²) in [6, 6.07) is 0. The van der Waals surface area contributed by atoms with Crippen molar-refractivity contribution in [2.45, 2.75) is 52.9 Å². The summed E-state index contributed by atoms with van der Waals surface area (Å²) in [7, 11) is 1.89. The summed E-state index contributed by atoms with van der Waals surface area (Å²) in [6.07, 6.45) is 5.73. The molecule has 0 fully saturated rings. The number of ether oxygens (including phenoxy) is 1. The van der Waals surface area contributed by atoms with Crippen LogP contribution in [0.4, 0.5) is 5.69 Å². The Balaban J connectivity index is 2.59. The van der Waals surface area contributed by atoms with Gasteiger partial charge in [0.2, 0.25) is 5.88 Å². The predicted molar refractivity (Wildman–Crippen MR) is 75.8 cm³/mol. The van der Waals surface area contributed by atoms with Crippen LogP contribution in [-0.2, 0) is 13.5 Å². The van der Waals surface area contributed by atoms with Gasteiger partial charge >= 0.3 is 0 Å². The van der Waals surface area contributed by atoms with Gasteiger partial charge in [0.1, 0.15) is 5.69 Å². The van der Waals surface area contributed by atoms with E-state index in [9.17, 15) is 0 Å². The number of hydrogen-bond donors (Lipinski definition) is 1. The Labute approximate surface area is 111 Å². The lowest BCUT2D eigenvalue weighted by atomic mass is 10.0. The molecule has 0 aliphatic heterocycles. The molecule has 18 heavy (non-hydrogen) atoms. The first-order chi connectivity index (χ1) is 8.63. The Morgan fingerprint density at radius 1 is 1.33 bits per heavy atom. The van der Waals surface area contributed by atoms with Crippen molar-refractivity contribution in [3.8, 4) is 5.88 Å². The average molecular weight is 253 g/mol. The predicted octanol–water partition coefficient (Wildman–Crippen LogP) is 3.16. The summed E-state index contributed by atoms with van der Waals surface area (Å²) in [5.74, 6) is 1.34. The lowest BCUT2D eigenvalue weighted by Crippen LogP contribution is -2.13. The van der Waals surface area contributed by atoms with Gasteiger partial charge in [0.15, 0.2) is 0 Å². The number of nitrogens with zero attached hydrogens (tertiary/aromatic N) is 2. The molecule has 2 N–H and O–H groups in total. The second-order valence-electron chi connectivity index (χ2n) is 4.87. The zero-order valence-electron chi connectivity index (χ0n) is 12.2. The maximum Gasteiger partial charge on any atom is 0.235 e. The Morgan fingerprint density at radius 3 is 2.56 bits per heavy atom. The molecule has 1 rings (SSSR count). The van der Waals surface area contributed by atoms with E-state index in [0.29, 0.717) is 11.6 Å². The largest absolute Gasteiger partial charge is 0.476 e. The number of aryl methyl sites for hydroxylation is 2. The molecule has 1 aromatic heterocycles. The minimum absolute atomic E-state index is 0.615. The van der Waals surface area contributed by atoms with Gasteiger partial charge in [-0.1, -0.05) is 40.0 Å². The molecule has 1 atom stereocenters. The van der Waals surface area contributed by atoms with Gasteiger partial charge in [0.05, 0.1) is 12.3 Å². The molecule has 0 radical (unpaired) electrons. The van der Waals surface area contributed by atoms with Crippen LogP contribution >= 0.6 is 0 Å². The van der Waals surface area contributed by atoms with Crippen LogP contribution in [0.15, 0.2) is 0 Å². The van der Waals surface area contributed by atoms with E-state index in [2.05, 4.69) is 25.9 Å². The van der Waals surface area contributed by atoms with E-state index in [1.54, 1.807) is 4.68 Å². The highest BCUT2D eigenvalue weighted by Gasteiger charge is 2.15. The van der Waals surface area contributed by atoms with Crippen molar-refractivity contribution in [3.05, 3.63) is 5.69 Å². The molecule has 4 nitrogen and oxygen atoms in total. The fourth-order valence-corrected chi connectivity index (χ4v) is 2.11. The fraction of sp³-hybridized carbons (Fsp3) is 0.786. The number of unbranched alkanes of at least 4 members (excludes halogenated alkanes) is 1. The van der Waals surface area contributed by atoms with Crippen molar-refractivity contribution in [1.29, 1.82) is 0 Å². The van der Waals surface area contributed by atoms with Crippen LogP contribution in [0.5, 0.6) is 5.88 Å². The Bertz CT molecular complexity index is 360. The molecule has 1 aromatic rings. The molecular formula is C14H27N3O. The van der Waals surface area contributed by atoms with Crippen LogP contribution in [0.3, 0.4) is 0 Å². The number of nitrogens with two attached hydrogens (primary N) is 1. The molecular weight excluding hydrogens is 226 g/mol. The first-order valence-corrected chi connectivity index (χ1v) is 7.08. The maximum absolute atomic E-state index is 6.03. The molecule has 4 heteroatoms. The molecule has 0 aromatic carbocycles. The summed E-state index contributed by atoms with van der Waals surface area (Å²) < 4.78 is 7.63. The van der Waals surface area contributed by atoms with Gasteiger partial charge in [0, 0.05) is 7.05 Å². The van der Waals surface area contributed by atoms with Crippen molar-refractivity contribution in [2.75, 3.05) is 12.3 Å². The SMILES string of the molecule is CCCCC(CC)COc1c(N)c(CC)nn1C. The molecule has 104 valence electrons. The summed E-state index contributed by atoms with van der Waals surface area (Å²) in [5, 5.41) is 4.36. The van der Waals surface area contributed by atoms with Gasteiger partial charge in [-0.05, 0) is 18.8 Å². The van der Waals surface area contributed by atoms with E-state index in [4.69, 9.17) is 10.5 Å². The van der Waals surface area contributed by atoms with Gasteiger partial charge < -0.3 is 10.5 Å². The van der Waals surface area contributed by atoms with Crippen LogP contribution in [0.2, 0.25) is 0 Å². The average Bonchev–Trinajstić information content (AvgIpc) is 2.65. The highest BCUT2D eigenvalue weighted by molar-refractivity contribution is 5.53. The first kappa shape index (κ1) is 14.9. The van der Waals surface area contributed by atoms with Crippen molar-refractivity contribution in [2.24, 2.45) is 13.0 Å². The van der Waals surface area contributed by atoms with E-state index in [1.807, 2.05) is 7.05 Å². The molecule has 0 amide bonds. The van der Waals surface area contributed by atoms with Crippen LogP contribution in [0.1, 0.15) is 52.1 Å². The topological polar surface area (TPSA) is 53.1 Å².